The van der Waals surface area contributed by atoms with Crippen molar-refractivity contribution in [1.82, 2.24) is 16.0 Å². The fourth-order valence-corrected chi connectivity index (χ4v) is 1.47. The lowest BCUT2D eigenvalue weighted by Gasteiger charge is -2.12. The van der Waals surface area contributed by atoms with Gasteiger partial charge in [0.25, 0.3) is 0 Å². The molecule has 0 unspecified atom stereocenters. The van der Waals surface area contributed by atoms with Gasteiger partial charge in [-0.15, -0.1) is 0 Å². The van der Waals surface area contributed by atoms with Crippen molar-refractivity contribution < 1.29 is 4.79 Å². The minimum atomic E-state index is 0.0379. The lowest BCUT2D eigenvalue weighted by molar-refractivity contribution is -0.123. The Morgan fingerprint density at radius 2 is 1.74 bits per heavy atom. The van der Waals surface area contributed by atoms with E-state index in [0.29, 0.717) is 13.1 Å². The van der Waals surface area contributed by atoms with E-state index in [4.69, 9.17) is 0 Å². The Hall–Kier alpha value is -1.26. The molecule has 0 heterocycles. The number of carbonyl (C=O) groups is 1. The molecule has 0 atom stereocenters. The SMILES string of the molecule is CCCCCN=C(NCC)NCCNC(=O)C(C)C. The molecule has 19 heavy (non-hydrogen) atoms. The number of rotatable bonds is 9. The first-order valence-electron chi connectivity index (χ1n) is 7.41. The van der Waals surface area contributed by atoms with Crippen LogP contribution in [0.1, 0.15) is 47.0 Å². The standard InChI is InChI=1S/C14H30N4O/c1-5-7-8-9-17-14(15-6-2)18-11-10-16-13(19)12(3)4/h12H,5-11H2,1-4H3,(H,16,19)(H2,15,17,18). The second-order valence-corrected chi connectivity index (χ2v) is 4.84. The molecule has 5 nitrogen and oxygen atoms in total. The van der Waals surface area contributed by atoms with E-state index in [1.165, 1.54) is 12.8 Å². The highest BCUT2D eigenvalue weighted by Gasteiger charge is 2.04. The van der Waals surface area contributed by atoms with E-state index in [1.54, 1.807) is 0 Å². The van der Waals surface area contributed by atoms with Gasteiger partial charge in [0.05, 0.1) is 0 Å². The van der Waals surface area contributed by atoms with Crippen LogP contribution in [0.25, 0.3) is 0 Å². The van der Waals surface area contributed by atoms with Gasteiger partial charge in [-0.1, -0.05) is 33.6 Å². The summed E-state index contributed by atoms with van der Waals surface area (Å²) in [5.74, 6) is 0.958. The van der Waals surface area contributed by atoms with Crippen molar-refractivity contribution in [2.45, 2.75) is 47.0 Å². The number of unbranched alkanes of at least 4 members (excludes halogenated alkanes) is 2. The first-order valence-corrected chi connectivity index (χ1v) is 7.41. The fraction of sp³-hybridized carbons (Fsp3) is 0.857. The molecular weight excluding hydrogens is 240 g/mol. The van der Waals surface area contributed by atoms with E-state index in [0.717, 1.165) is 25.5 Å². The number of aliphatic imine (C=N–C) groups is 1. The van der Waals surface area contributed by atoms with E-state index in [1.807, 2.05) is 20.8 Å². The second-order valence-electron chi connectivity index (χ2n) is 4.84. The van der Waals surface area contributed by atoms with Crippen molar-refractivity contribution in [3.8, 4) is 0 Å². The van der Waals surface area contributed by atoms with Crippen LogP contribution in [0.15, 0.2) is 4.99 Å². The molecule has 0 aromatic heterocycles. The molecule has 0 aromatic carbocycles. The maximum absolute atomic E-state index is 11.4. The quantitative estimate of drug-likeness (QED) is 0.338. The third-order valence-corrected chi connectivity index (χ3v) is 2.62. The van der Waals surface area contributed by atoms with Crippen LogP contribution in [0, 0.1) is 5.92 Å². The van der Waals surface area contributed by atoms with Crippen LogP contribution >= 0.6 is 0 Å². The maximum atomic E-state index is 11.4. The van der Waals surface area contributed by atoms with Crippen molar-refractivity contribution in [1.29, 1.82) is 0 Å². The van der Waals surface area contributed by atoms with E-state index < -0.39 is 0 Å². The number of carbonyl (C=O) groups excluding carboxylic acids is 1. The smallest absolute Gasteiger partial charge is 0.222 e. The van der Waals surface area contributed by atoms with Crippen LogP contribution in [0.4, 0.5) is 0 Å². The topological polar surface area (TPSA) is 65.5 Å². The van der Waals surface area contributed by atoms with Gasteiger partial charge in [0.2, 0.25) is 5.91 Å². The summed E-state index contributed by atoms with van der Waals surface area (Å²) in [6, 6.07) is 0. The Balaban J connectivity index is 3.84. The third-order valence-electron chi connectivity index (χ3n) is 2.62. The summed E-state index contributed by atoms with van der Waals surface area (Å²) in [4.78, 5) is 15.9. The van der Waals surface area contributed by atoms with Crippen LogP contribution in [-0.2, 0) is 4.79 Å². The van der Waals surface area contributed by atoms with Crippen LogP contribution in [0.5, 0.6) is 0 Å². The van der Waals surface area contributed by atoms with Gasteiger partial charge in [-0.3, -0.25) is 9.79 Å². The van der Waals surface area contributed by atoms with E-state index >= 15 is 0 Å². The van der Waals surface area contributed by atoms with Crippen molar-refractivity contribution >= 4 is 11.9 Å². The minimum Gasteiger partial charge on any atom is -0.357 e. The predicted octanol–water partition coefficient (Wildman–Crippen LogP) is 1.50. The summed E-state index contributed by atoms with van der Waals surface area (Å²) in [6.45, 7) is 11.0. The van der Waals surface area contributed by atoms with Crippen molar-refractivity contribution in [2.24, 2.45) is 10.9 Å². The van der Waals surface area contributed by atoms with Crippen LogP contribution in [0.3, 0.4) is 0 Å². The van der Waals surface area contributed by atoms with Gasteiger partial charge in [0.15, 0.2) is 5.96 Å². The molecule has 3 N–H and O–H groups in total. The van der Waals surface area contributed by atoms with Gasteiger partial charge in [-0.25, -0.2) is 0 Å². The molecule has 0 saturated heterocycles. The summed E-state index contributed by atoms with van der Waals surface area (Å²) in [6.07, 6.45) is 3.55. The molecule has 0 aliphatic carbocycles. The van der Waals surface area contributed by atoms with Gasteiger partial charge >= 0.3 is 0 Å². The summed E-state index contributed by atoms with van der Waals surface area (Å²) < 4.78 is 0. The number of nitrogens with one attached hydrogen (secondary N) is 3. The van der Waals surface area contributed by atoms with Gasteiger partial charge in [-0.05, 0) is 13.3 Å². The Morgan fingerprint density at radius 1 is 1.05 bits per heavy atom. The first-order chi connectivity index (χ1) is 9.11. The average molecular weight is 270 g/mol. The zero-order valence-electron chi connectivity index (χ0n) is 12.9. The highest BCUT2D eigenvalue weighted by molar-refractivity contribution is 5.80. The van der Waals surface area contributed by atoms with E-state index in [9.17, 15) is 4.79 Å². The summed E-state index contributed by atoms with van der Waals surface area (Å²) in [5.41, 5.74) is 0. The normalized spacial score (nSPS) is 11.5. The second kappa shape index (κ2) is 11.8. The van der Waals surface area contributed by atoms with Gasteiger partial charge < -0.3 is 16.0 Å². The molecule has 0 aliphatic rings. The number of guanidine groups is 1. The molecule has 0 aliphatic heterocycles. The molecule has 1 amide bonds. The van der Waals surface area contributed by atoms with Gasteiger partial charge in [0, 0.05) is 32.1 Å². The highest BCUT2D eigenvalue weighted by Crippen LogP contribution is 1.93. The largest absolute Gasteiger partial charge is 0.357 e. The Morgan fingerprint density at radius 3 is 2.32 bits per heavy atom. The molecule has 0 fully saturated rings. The van der Waals surface area contributed by atoms with Crippen molar-refractivity contribution in [3.05, 3.63) is 0 Å². The molecule has 0 aromatic rings. The molecule has 0 radical (unpaired) electrons. The first kappa shape index (κ1) is 17.7. The van der Waals surface area contributed by atoms with Gasteiger partial charge in [0.1, 0.15) is 0 Å². The predicted molar refractivity (Wildman–Crippen MR) is 81.4 cm³/mol. The molecule has 112 valence electrons. The monoisotopic (exact) mass is 270 g/mol. The van der Waals surface area contributed by atoms with Crippen molar-refractivity contribution in [2.75, 3.05) is 26.2 Å². The number of hydrogen-bond donors (Lipinski definition) is 3. The lowest BCUT2D eigenvalue weighted by atomic mass is 10.2. The van der Waals surface area contributed by atoms with Crippen LogP contribution < -0.4 is 16.0 Å². The minimum absolute atomic E-state index is 0.0379. The van der Waals surface area contributed by atoms with Crippen molar-refractivity contribution in [3.63, 3.8) is 0 Å². The highest BCUT2D eigenvalue weighted by atomic mass is 16.1. The summed E-state index contributed by atoms with van der Waals surface area (Å²) >= 11 is 0. The number of nitrogens with zero attached hydrogens (tertiary/aromatic N) is 1. The Kier molecular flexibility index (Phi) is 11.0. The third kappa shape index (κ3) is 10.4. The zero-order chi connectivity index (χ0) is 14.5. The Labute approximate surface area is 117 Å². The Bertz CT molecular complexity index is 264. The fourth-order valence-electron chi connectivity index (χ4n) is 1.47. The lowest BCUT2D eigenvalue weighted by Crippen LogP contribution is -2.42. The maximum Gasteiger partial charge on any atom is 0.222 e. The molecule has 0 spiro atoms. The van der Waals surface area contributed by atoms with E-state index in [2.05, 4.69) is 27.9 Å². The molecule has 0 bridgehead atoms. The number of hydrogen-bond acceptors (Lipinski definition) is 2. The zero-order valence-corrected chi connectivity index (χ0v) is 12.9. The molecule has 0 rings (SSSR count). The summed E-state index contributed by atoms with van der Waals surface area (Å²) in [5, 5.41) is 9.28. The summed E-state index contributed by atoms with van der Waals surface area (Å²) in [7, 11) is 0. The van der Waals surface area contributed by atoms with Crippen LogP contribution in [0.2, 0.25) is 0 Å². The van der Waals surface area contributed by atoms with Gasteiger partial charge in [-0.2, -0.15) is 0 Å². The average Bonchev–Trinajstić information content (AvgIpc) is 2.38. The number of amides is 1. The molecule has 5 heteroatoms. The van der Waals surface area contributed by atoms with Crippen LogP contribution in [-0.4, -0.2) is 38.0 Å². The molecular formula is C14H30N4O. The van der Waals surface area contributed by atoms with E-state index in [-0.39, 0.29) is 11.8 Å². The molecule has 0 saturated carbocycles.